The summed E-state index contributed by atoms with van der Waals surface area (Å²) in [5.74, 6) is 0.974. The highest BCUT2D eigenvalue weighted by Gasteiger charge is 2.36. The summed E-state index contributed by atoms with van der Waals surface area (Å²) in [5.41, 5.74) is 3.31. The Balaban J connectivity index is 1.44. The van der Waals surface area contributed by atoms with Gasteiger partial charge in [0.1, 0.15) is 16.9 Å². The van der Waals surface area contributed by atoms with Gasteiger partial charge in [0, 0.05) is 28.1 Å². The zero-order valence-corrected chi connectivity index (χ0v) is 17.0. The Bertz CT molecular complexity index is 1140. The SMILES string of the molecule is Cc1c(C(=O)NCc2cccc(Cl)c2)oc2ccc3c(c12)C=CC1(CCCC1)O3. The number of rotatable bonds is 3. The third-order valence-corrected chi connectivity index (χ3v) is 6.20. The molecule has 0 bridgehead atoms. The Labute approximate surface area is 174 Å². The number of hydrogen-bond donors (Lipinski definition) is 1. The van der Waals surface area contributed by atoms with Crippen LogP contribution in [0.3, 0.4) is 0 Å². The highest BCUT2D eigenvalue weighted by Crippen LogP contribution is 2.44. The van der Waals surface area contributed by atoms with Crippen LogP contribution in [0.5, 0.6) is 5.75 Å². The van der Waals surface area contributed by atoms with E-state index in [2.05, 4.69) is 17.5 Å². The number of aryl methyl sites for hydroxylation is 1. The second-order valence-electron chi connectivity index (χ2n) is 7.93. The highest BCUT2D eigenvalue weighted by atomic mass is 35.5. The molecule has 29 heavy (non-hydrogen) atoms. The van der Waals surface area contributed by atoms with Gasteiger partial charge in [-0.25, -0.2) is 0 Å². The van der Waals surface area contributed by atoms with Gasteiger partial charge >= 0.3 is 0 Å². The topological polar surface area (TPSA) is 51.5 Å². The first kappa shape index (κ1) is 18.3. The molecule has 1 aliphatic heterocycles. The molecule has 2 aliphatic rings. The molecule has 148 valence electrons. The molecule has 1 aromatic heterocycles. The summed E-state index contributed by atoms with van der Waals surface area (Å²) in [6.07, 6.45) is 8.84. The van der Waals surface area contributed by atoms with Crippen molar-refractivity contribution in [2.24, 2.45) is 0 Å². The lowest BCUT2D eigenvalue weighted by Gasteiger charge is -2.31. The van der Waals surface area contributed by atoms with Gasteiger partial charge in [-0.3, -0.25) is 4.79 Å². The van der Waals surface area contributed by atoms with Crippen LogP contribution in [0.2, 0.25) is 5.02 Å². The summed E-state index contributed by atoms with van der Waals surface area (Å²) in [6.45, 7) is 2.31. The Morgan fingerprint density at radius 3 is 2.83 bits per heavy atom. The third-order valence-electron chi connectivity index (χ3n) is 5.96. The minimum Gasteiger partial charge on any atom is -0.483 e. The van der Waals surface area contributed by atoms with Crippen molar-refractivity contribution in [2.75, 3.05) is 0 Å². The molecule has 4 nitrogen and oxygen atoms in total. The zero-order chi connectivity index (χ0) is 20.0. The van der Waals surface area contributed by atoms with Gasteiger partial charge in [-0.05, 0) is 68.5 Å². The monoisotopic (exact) mass is 407 g/mol. The van der Waals surface area contributed by atoms with Crippen molar-refractivity contribution >= 4 is 34.6 Å². The maximum Gasteiger partial charge on any atom is 0.287 e. The molecule has 0 saturated heterocycles. The van der Waals surface area contributed by atoms with Gasteiger partial charge < -0.3 is 14.5 Å². The zero-order valence-electron chi connectivity index (χ0n) is 16.3. The van der Waals surface area contributed by atoms with E-state index in [1.165, 1.54) is 12.8 Å². The second-order valence-corrected chi connectivity index (χ2v) is 8.36. The molecule has 0 unspecified atom stereocenters. The van der Waals surface area contributed by atoms with E-state index in [0.717, 1.165) is 40.7 Å². The van der Waals surface area contributed by atoms with Gasteiger partial charge in [-0.2, -0.15) is 0 Å². The van der Waals surface area contributed by atoms with E-state index in [-0.39, 0.29) is 11.5 Å². The van der Waals surface area contributed by atoms with Crippen LogP contribution in [-0.4, -0.2) is 11.5 Å². The number of carbonyl (C=O) groups is 1. The van der Waals surface area contributed by atoms with Crippen molar-refractivity contribution in [1.82, 2.24) is 5.32 Å². The fourth-order valence-electron chi connectivity index (χ4n) is 4.46. The standard InChI is InChI=1S/C24H22ClNO3/c1-15-21-18-9-12-24(10-2-3-11-24)29-19(18)7-8-20(21)28-22(15)23(27)26-14-16-5-4-6-17(25)13-16/h4-9,12-13H,2-3,10-11,14H2,1H3,(H,26,27). The van der Waals surface area contributed by atoms with Crippen LogP contribution in [0.1, 0.15) is 52.9 Å². The Morgan fingerprint density at radius 2 is 2.03 bits per heavy atom. The Kier molecular flexibility index (Phi) is 4.39. The van der Waals surface area contributed by atoms with Crippen LogP contribution in [0.25, 0.3) is 17.0 Å². The van der Waals surface area contributed by atoms with Crippen LogP contribution in [-0.2, 0) is 6.54 Å². The maximum atomic E-state index is 12.8. The Morgan fingerprint density at radius 1 is 1.21 bits per heavy atom. The molecule has 5 heteroatoms. The molecule has 2 heterocycles. The highest BCUT2D eigenvalue weighted by molar-refractivity contribution is 6.30. The van der Waals surface area contributed by atoms with E-state index < -0.39 is 0 Å². The smallest absolute Gasteiger partial charge is 0.287 e. The van der Waals surface area contributed by atoms with Gasteiger partial charge in [0.25, 0.3) is 5.91 Å². The lowest BCUT2D eigenvalue weighted by Crippen LogP contribution is -2.31. The minimum absolute atomic E-state index is 0.157. The first-order valence-corrected chi connectivity index (χ1v) is 10.4. The molecule has 3 aromatic rings. The number of fused-ring (bicyclic) bond motifs is 3. The van der Waals surface area contributed by atoms with E-state index in [0.29, 0.717) is 22.9 Å². The number of benzene rings is 2. The maximum absolute atomic E-state index is 12.8. The summed E-state index contributed by atoms with van der Waals surface area (Å²) in [5, 5.41) is 4.52. The molecule has 5 rings (SSSR count). The Hall–Kier alpha value is -2.72. The van der Waals surface area contributed by atoms with Gasteiger partial charge in [0.15, 0.2) is 5.76 Å². The van der Waals surface area contributed by atoms with Gasteiger partial charge in [0.2, 0.25) is 0 Å². The predicted octanol–water partition coefficient (Wildman–Crippen LogP) is 6.04. The van der Waals surface area contributed by atoms with Gasteiger partial charge in [-0.1, -0.05) is 29.8 Å². The van der Waals surface area contributed by atoms with E-state index in [1.807, 2.05) is 43.3 Å². The fourth-order valence-corrected chi connectivity index (χ4v) is 4.68. The van der Waals surface area contributed by atoms with Gasteiger partial charge in [-0.15, -0.1) is 0 Å². The number of furan rings is 1. The van der Waals surface area contributed by atoms with Crippen molar-refractivity contribution in [3.8, 4) is 5.75 Å². The van der Waals surface area contributed by atoms with Crippen molar-refractivity contribution in [1.29, 1.82) is 0 Å². The average molecular weight is 408 g/mol. The number of amides is 1. The first-order chi connectivity index (χ1) is 14.0. The summed E-state index contributed by atoms with van der Waals surface area (Å²) >= 11 is 6.02. The molecule has 1 fully saturated rings. The molecule has 0 atom stereocenters. The molecule has 1 saturated carbocycles. The van der Waals surface area contributed by atoms with Crippen LogP contribution in [0.15, 0.2) is 46.9 Å². The van der Waals surface area contributed by atoms with E-state index in [1.54, 1.807) is 0 Å². The molecule has 1 N–H and O–H groups in total. The lowest BCUT2D eigenvalue weighted by molar-refractivity contribution is 0.0924. The number of halogens is 1. The second kappa shape index (κ2) is 6.96. The molecule has 1 amide bonds. The average Bonchev–Trinajstić information content (AvgIpc) is 3.31. The quantitative estimate of drug-likeness (QED) is 0.575. The summed E-state index contributed by atoms with van der Waals surface area (Å²) in [4.78, 5) is 12.8. The number of ether oxygens (including phenoxy) is 1. The van der Waals surface area contributed by atoms with Crippen LogP contribution >= 0.6 is 11.6 Å². The van der Waals surface area contributed by atoms with E-state index in [9.17, 15) is 4.79 Å². The predicted molar refractivity (Wildman–Crippen MR) is 114 cm³/mol. The normalized spacial score (nSPS) is 16.8. The summed E-state index contributed by atoms with van der Waals surface area (Å²) in [6, 6.07) is 11.3. The van der Waals surface area contributed by atoms with E-state index in [4.69, 9.17) is 20.8 Å². The molecule has 1 spiro atoms. The van der Waals surface area contributed by atoms with E-state index >= 15 is 0 Å². The summed E-state index contributed by atoms with van der Waals surface area (Å²) in [7, 11) is 0. The number of nitrogens with one attached hydrogen (secondary N) is 1. The number of carbonyl (C=O) groups excluding carboxylic acids is 1. The fraction of sp³-hybridized carbons (Fsp3) is 0.292. The third kappa shape index (κ3) is 3.22. The molecular formula is C24H22ClNO3. The minimum atomic E-state index is -0.236. The molecule has 1 aliphatic carbocycles. The van der Waals surface area contributed by atoms with Crippen molar-refractivity contribution in [3.05, 3.63) is 69.9 Å². The van der Waals surface area contributed by atoms with Crippen molar-refractivity contribution in [2.45, 2.75) is 44.8 Å². The van der Waals surface area contributed by atoms with Crippen molar-refractivity contribution in [3.63, 3.8) is 0 Å². The van der Waals surface area contributed by atoms with Crippen LogP contribution < -0.4 is 10.1 Å². The molecule has 0 radical (unpaired) electrons. The van der Waals surface area contributed by atoms with Crippen molar-refractivity contribution < 1.29 is 13.9 Å². The largest absolute Gasteiger partial charge is 0.483 e. The lowest BCUT2D eigenvalue weighted by atomic mass is 9.94. The summed E-state index contributed by atoms with van der Waals surface area (Å²) < 4.78 is 12.3. The van der Waals surface area contributed by atoms with Gasteiger partial charge in [0.05, 0.1) is 0 Å². The number of hydrogen-bond acceptors (Lipinski definition) is 3. The van der Waals surface area contributed by atoms with Crippen LogP contribution in [0.4, 0.5) is 0 Å². The molecule has 2 aromatic carbocycles. The molecular weight excluding hydrogens is 386 g/mol. The first-order valence-electron chi connectivity index (χ1n) is 10.0. The van der Waals surface area contributed by atoms with Crippen LogP contribution in [0, 0.1) is 6.92 Å².